The normalized spacial score (nSPS) is 16.8. The van der Waals surface area contributed by atoms with Crippen molar-refractivity contribution in [2.24, 2.45) is 0 Å². The number of rotatable bonds is 4. The number of nitrogens with zero attached hydrogens (tertiary/aromatic N) is 1. The molecule has 0 radical (unpaired) electrons. The Bertz CT molecular complexity index is 518. The molecule has 2 rings (SSSR count). The van der Waals surface area contributed by atoms with Crippen molar-refractivity contribution in [2.45, 2.75) is 65.5 Å². The van der Waals surface area contributed by atoms with Crippen LogP contribution in [0.5, 0.6) is 5.75 Å². The summed E-state index contributed by atoms with van der Waals surface area (Å²) >= 11 is 0. The molecule has 0 aromatic heterocycles. The van der Waals surface area contributed by atoms with Gasteiger partial charge >= 0.3 is 0 Å². The summed E-state index contributed by atoms with van der Waals surface area (Å²) in [6.45, 7) is 8.02. The molecular weight excluding hydrogens is 262 g/mol. The number of carbonyl (C=O) groups is 1. The van der Waals surface area contributed by atoms with E-state index in [1.165, 1.54) is 18.4 Å². The molecule has 3 heteroatoms. The molecule has 3 nitrogen and oxygen atoms in total. The fraction of sp³-hybridized carbons (Fsp3) is 0.611. The second-order valence-corrected chi connectivity index (χ2v) is 6.35. The first-order chi connectivity index (χ1) is 9.90. The molecule has 1 saturated carbocycles. The van der Waals surface area contributed by atoms with E-state index in [4.69, 9.17) is 4.74 Å². The van der Waals surface area contributed by atoms with Crippen LogP contribution in [0.15, 0.2) is 12.1 Å². The summed E-state index contributed by atoms with van der Waals surface area (Å²) in [6.07, 6.45) is 4.27. The predicted octanol–water partition coefficient (Wildman–Crippen LogP) is 3.78. The third-order valence-corrected chi connectivity index (χ3v) is 4.64. The number of carbonyl (C=O) groups excluding carboxylic acids is 1. The van der Waals surface area contributed by atoms with E-state index in [1.807, 2.05) is 31.9 Å². The van der Waals surface area contributed by atoms with Crippen molar-refractivity contribution in [3.05, 3.63) is 28.8 Å². The van der Waals surface area contributed by atoms with Crippen molar-refractivity contribution in [3.8, 4) is 5.75 Å². The summed E-state index contributed by atoms with van der Waals surface area (Å²) in [7, 11) is 1.91. The Balaban J connectivity index is 2.06. The summed E-state index contributed by atoms with van der Waals surface area (Å²) in [6, 6.07) is 4.55. The molecule has 1 amide bonds. The van der Waals surface area contributed by atoms with Crippen LogP contribution in [0.3, 0.4) is 0 Å². The van der Waals surface area contributed by atoms with Gasteiger partial charge in [-0.3, -0.25) is 4.79 Å². The third-order valence-electron chi connectivity index (χ3n) is 4.64. The molecule has 21 heavy (non-hydrogen) atoms. The lowest BCUT2D eigenvalue weighted by Gasteiger charge is -2.28. The number of amides is 1. The average Bonchev–Trinajstić information content (AvgIpc) is 2.96. The van der Waals surface area contributed by atoms with Gasteiger partial charge < -0.3 is 9.64 Å². The first-order valence-corrected chi connectivity index (χ1v) is 7.91. The van der Waals surface area contributed by atoms with Crippen LogP contribution in [0.1, 0.15) is 49.3 Å². The number of ether oxygens (including phenoxy) is 1. The molecule has 0 heterocycles. The Morgan fingerprint density at radius 1 is 1.24 bits per heavy atom. The number of hydrogen-bond donors (Lipinski definition) is 0. The van der Waals surface area contributed by atoms with Crippen LogP contribution in [0, 0.1) is 20.8 Å². The molecule has 1 aromatic carbocycles. The second kappa shape index (κ2) is 6.50. The Morgan fingerprint density at radius 2 is 1.86 bits per heavy atom. The van der Waals surface area contributed by atoms with Crippen molar-refractivity contribution in [2.75, 3.05) is 7.05 Å². The minimum Gasteiger partial charge on any atom is -0.481 e. The molecule has 0 saturated heterocycles. The molecule has 0 spiro atoms. The van der Waals surface area contributed by atoms with Crippen molar-refractivity contribution in [3.63, 3.8) is 0 Å². The van der Waals surface area contributed by atoms with E-state index in [-0.39, 0.29) is 5.91 Å². The molecule has 116 valence electrons. The Kier molecular flexibility index (Phi) is 4.92. The van der Waals surface area contributed by atoms with Gasteiger partial charge in [0.2, 0.25) is 0 Å². The first-order valence-electron chi connectivity index (χ1n) is 7.91. The van der Waals surface area contributed by atoms with Crippen LogP contribution in [0.4, 0.5) is 0 Å². The first kappa shape index (κ1) is 15.9. The van der Waals surface area contributed by atoms with E-state index in [0.717, 1.165) is 29.7 Å². The molecular formula is C18H27NO2. The zero-order valence-electron chi connectivity index (χ0n) is 13.9. The average molecular weight is 289 g/mol. The van der Waals surface area contributed by atoms with Gasteiger partial charge in [0, 0.05) is 13.1 Å². The molecule has 1 fully saturated rings. The molecule has 1 aliphatic carbocycles. The maximum Gasteiger partial charge on any atom is 0.263 e. The Morgan fingerprint density at radius 3 is 2.48 bits per heavy atom. The molecule has 1 aliphatic rings. The van der Waals surface area contributed by atoms with E-state index in [0.29, 0.717) is 6.04 Å². The minimum atomic E-state index is -0.435. The zero-order valence-corrected chi connectivity index (χ0v) is 13.9. The highest BCUT2D eigenvalue weighted by Crippen LogP contribution is 2.26. The van der Waals surface area contributed by atoms with Crippen molar-refractivity contribution >= 4 is 5.91 Å². The quantitative estimate of drug-likeness (QED) is 0.844. The monoisotopic (exact) mass is 289 g/mol. The van der Waals surface area contributed by atoms with Crippen LogP contribution in [0.25, 0.3) is 0 Å². The molecule has 0 N–H and O–H groups in total. The molecule has 0 aliphatic heterocycles. The van der Waals surface area contributed by atoms with Crippen LogP contribution < -0.4 is 4.74 Å². The maximum atomic E-state index is 12.5. The van der Waals surface area contributed by atoms with Crippen molar-refractivity contribution in [1.82, 2.24) is 4.90 Å². The lowest BCUT2D eigenvalue weighted by atomic mass is 10.1. The molecule has 0 bridgehead atoms. The van der Waals surface area contributed by atoms with Crippen molar-refractivity contribution in [1.29, 1.82) is 0 Å². The number of aryl methyl sites for hydroxylation is 2. The standard InChI is InChI=1S/C18H27NO2/c1-12-10-13(2)14(3)17(11-12)21-15(4)18(20)19(5)16-8-6-7-9-16/h10-11,15-16H,6-9H2,1-5H3/t15-/m1/s1. The van der Waals surface area contributed by atoms with Crippen LogP contribution >= 0.6 is 0 Å². The second-order valence-electron chi connectivity index (χ2n) is 6.35. The van der Waals surface area contributed by atoms with E-state index < -0.39 is 6.10 Å². The van der Waals surface area contributed by atoms with Gasteiger partial charge in [-0.1, -0.05) is 18.9 Å². The van der Waals surface area contributed by atoms with Gasteiger partial charge in [0.1, 0.15) is 5.75 Å². The van der Waals surface area contributed by atoms with Crippen LogP contribution in [-0.4, -0.2) is 30.0 Å². The van der Waals surface area contributed by atoms with E-state index in [9.17, 15) is 4.79 Å². The Hall–Kier alpha value is -1.51. The number of likely N-dealkylation sites (N-methyl/N-ethyl adjacent to an activating group) is 1. The molecule has 0 unspecified atom stereocenters. The summed E-state index contributed by atoms with van der Waals surface area (Å²) in [5.74, 6) is 0.911. The van der Waals surface area contributed by atoms with Gasteiger partial charge in [-0.25, -0.2) is 0 Å². The lowest BCUT2D eigenvalue weighted by Crippen LogP contribution is -2.43. The topological polar surface area (TPSA) is 29.5 Å². The van der Waals surface area contributed by atoms with Crippen LogP contribution in [-0.2, 0) is 4.79 Å². The highest BCUT2D eigenvalue weighted by molar-refractivity contribution is 5.81. The fourth-order valence-electron chi connectivity index (χ4n) is 3.12. The largest absolute Gasteiger partial charge is 0.481 e. The van der Waals surface area contributed by atoms with Crippen molar-refractivity contribution < 1.29 is 9.53 Å². The minimum absolute atomic E-state index is 0.0838. The summed E-state index contributed by atoms with van der Waals surface area (Å²) in [5.41, 5.74) is 3.48. The van der Waals surface area contributed by atoms with Gasteiger partial charge in [0.05, 0.1) is 0 Å². The van der Waals surface area contributed by atoms with Gasteiger partial charge in [-0.15, -0.1) is 0 Å². The van der Waals surface area contributed by atoms with Gasteiger partial charge in [0.25, 0.3) is 5.91 Å². The zero-order chi connectivity index (χ0) is 15.6. The summed E-state index contributed by atoms with van der Waals surface area (Å²) < 4.78 is 5.96. The lowest BCUT2D eigenvalue weighted by molar-refractivity contribution is -0.138. The SMILES string of the molecule is Cc1cc(C)c(C)c(O[C@H](C)C(=O)N(C)C2CCCC2)c1. The van der Waals surface area contributed by atoms with E-state index in [2.05, 4.69) is 19.9 Å². The van der Waals surface area contributed by atoms with Gasteiger partial charge in [0.15, 0.2) is 6.10 Å². The highest BCUT2D eigenvalue weighted by Gasteiger charge is 2.27. The van der Waals surface area contributed by atoms with Gasteiger partial charge in [-0.2, -0.15) is 0 Å². The highest BCUT2D eigenvalue weighted by atomic mass is 16.5. The number of benzene rings is 1. The molecule has 1 atom stereocenters. The predicted molar refractivity (Wildman–Crippen MR) is 85.8 cm³/mol. The third kappa shape index (κ3) is 3.58. The fourth-order valence-corrected chi connectivity index (χ4v) is 3.12. The van der Waals surface area contributed by atoms with Crippen LogP contribution in [0.2, 0.25) is 0 Å². The summed E-state index contributed by atoms with van der Waals surface area (Å²) in [5, 5.41) is 0. The Labute approximate surface area is 128 Å². The van der Waals surface area contributed by atoms with Gasteiger partial charge in [-0.05, 0) is 63.3 Å². The number of hydrogen-bond acceptors (Lipinski definition) is 2. The molecule has 1 aromatic rings. The van der Waals surface area contributed by atoms with E-state index >= 15 is 0 Å². The van der Waals surface area contributed by atoms with E-state index in [1.54, 1.807) is 0 Å². The smallest absolute Gasteiger partial charge is 0.263 e. The maximum absolute atomic E-state index is 12.5. The summed E-state index contributed by atoms with van der Waals surface area (Å²) in [4.78, 5) is 14.4.